The molecule has 0 saturated heterocycles. The molecule has 178 valence electrons. The van der Waals surface area contributed by atoms with Crippen LogP contribution >= 0.6 is 46.1 Å². The van der Waals surface area contributed by atoms with E-state index in [1.807, 2.05) is 0 Å². The molecule has 0 radical (unpaired) electrons. The molecule has 1 heterocycles. The van der Waals surface area contributed by atoms with Crippen LogP contribution in [-0.4, -0.2) is 36.8 Å². The standard InChI is InChI=1S/C18H11Cl3N4O7S2/c19-10-2-4-11(20)13(6-10)24-34(30,31)14-5-9(1-3-12(14)21)17(27)32-8-15(26)23-18-22-7-16(33-18)25(28)29/h1-7,24H,8H2,(H,22,23,26). The van der Waals surface area contributed by atoms with Gasteiger partial charge in [0.1, 0.15) is 11.1 Å². The first-order chi connectivity index (χ1) is 16.0. The topological polar surface area (TPSA) is 158 Å². The predicted octanol–water partition coefficient (Wildman–Crippen LogP) is 4.61. The fourth-order valence-corrected chi connectivity index (χ4v) is 5.03. The van der Waals surface area contributed by atoms with Crippen LogP contribution in [-0.2, 0) is 19.6 Å². The van der Waals surface area contributed by atoms with Gasteiger partial charge in [0.05, 0.1) is 26.2 Å². The Morgan fingerprint density at radius 1 is 1.12 bits per heavy atom. The molecule has 0 bridgehead atoms. The van der Waals surface area contributed by atoms with E-state index in [4.69, 9.17) is 39.5 Å². The summed E-state index contributed by atoms with van der Waals surface area (Å²) >= 11 is 18.5. The van der Waals surface area contributed by atoms with Crippen molar-refractivity contribution in [2.24, 2.45) is 0 Å². The van der Waals surface area contributed by atoms with E-state index in [0.29, 0.717) is 11.3 Å². The molecule has 0 aliphatic heterocycles. The average molecular weight is 566 g/mol. The Bertz CT molecular complexity index is 1400. The van der Waals surface area contributed by atoms with E-state index < -0.39 is 38.3 Å². The number of hydrogen-bond donors (Lipinski definition) is 2. The van der Waals surface area contributed by atoms with E-state index >= 15 is 0 Å². The maximum atomic E-state index is 12.8. The fraction of sp³-hybridized carbons (Fsp3) is 0.0556. The summed E-state index contributed by atoms with van der Waals surface area (Å²) in [4.78, 5) is 37.5. The second-order valence-electron chi connectivity index (χ2n) is 6.26. The van der Waals surface area contributed by atoms with Gasteiger partial charge in [-0.25, -0.2) is 18.2 Å². The number of carbonyl (C=O) groups is 2. The maximum Gasteiger partial charge on any atom is 0.345 e. The Hall–Kier alpha value is -2.97. The number of ether oxygens (including phenoxy) is 1. The smallest absolute Gasteiger partial charge is 0.345 e. The molecular formula is C18H11Cl3N4O7S2. The lowest BCUT2D eigenvalue weighted by atomic mass is 10.2. The van der Waals surface area contributed by atoms with Crippen molar-refractivity contribution in [1.29, 1.82) is 0 Å². The normalized spacial score (nSPS) is 11.0. The lowest BCUT2D eigenvalue weighted by Crippen LogP contribution is -2.21. The van der Waals surface area contributed by atoms with Crippen LogP contribution in [0.4, 0.5) is 15.8 Å². The Balaban J connectivity index is 1.70. The number of esters is 1. The predicted molar refractivity (Wildman–Crippen MR) is 126 cm³/mol. The molecule has 16 heteroatoms. The van der Waals surface area contributed by atoms with Gasteiger partial charge in [-0.2, -0.15) is 0 Å². The van der Waals surface area contributed by atoms with Crippen molar-refractivity contribution in [3.63, 3.8) is 0 Å². The lowest BCUT2D eigenvalue weighted by Gasteiger charge is -2.12. The van der Waals surface area contributed by atoms with Crippen molar-refractivity contribution < 1.29 is 27.7 Å². The second-order valence-corrected chi connectivity index (χ2v) is 10.2. The van der Waals surface area contributed by atoms with Crippen LogP contribution in [0.25, 0.3) is 0 Å². The highest BCUT2D eigenvalue weighted by molar-refractivity contribution is 7.92. The van der Waals surface area contributed by atoms with Gasteiger partial charge in [-0.3, -0.25) is 24.9 Å². The summed E-state index contributed by atoms with van der Waals surface area (Å²) < 4.78 is 32.7. The summed E-state index contributed by atoms with van der Waals surface area (Å²) in [5, 5.41) is 12.7. The van der Waals surface area contributed by atoms with E-state index in [1.54, 1.807) is 0 Å². The van der Waals surface area contributed by atoms with E-state index in [-0.39, 0.29) is 36.5 Å². The van der Waals surface area contributed by atoms with Gasteiger partial charge in [0.15, 0.2) is 11.7 Å². The van der Waals surface area contributed by atoms with Crippen LogP contribution in [0.1, 0.15) is 10.4 Å². The van der Waals surface area contributed by atoms with E-state index in [9.17, 15) is 28.1 Å². The minimum Gasteiger partial charge on any atom is -0.452 e. The first-order valence-electron chi connectivity index (χ1n) is 8.81. The Morgan fingerprint density at radius 2 is 1.82 bits per heavy atom. The minimum absolute atomic E-state index is 0.00249. The van der Waals surface area contributed by atoms with Gasteiger partial charge < -0.3 is 4.74 Å². The number of carbonyl (C=O) groups excluding carboxylic acids is 2. The summed E-state index contributed by atoms with van der Waals surface area (Å²) in [5.74, 6) is -1.83. The SMILES string of the molecule is O=C(COC(=O)c1ccc(Cl)c(S(=O)(=O)Nc2cc(Cl)ccc2Cl)c1)Nc1ncc([N+](=O)[O-])s1. The summed E-state index contributed by atoms with van der Waals surface area (Å²) in [6.45, 7) is -0.757. The van der Waals surface area contributed by atoms with E-state index in [0.717, 1.165) is 12.3 Å². The van der Waals surface area contributed by atoms with Gasteiger partial charge in [-0.1, -0.05) is 34.8 Å². The van der Waals surface area contributed by atoms with E-state index in [1.165, 1.54) is 30.3 Å². The number of amides is 1. The molecule has 34 heavy (non-hydrogen) atoms. The number of thiazole rings is 1. The summed E-state index contributed by atoms with van der Waals surface area (Å²) in [6, 6.07) is 7.50. The highest BCUT2D eigenvalue weighted by atomic mass is 35.5. The Morgan fingerprint density at radius 3 is 2.50 bits per heavy atom. The molecule has 1 amide bonds. The molecule has 3 rings (SSSR count). The summed E-state index contributed by atoms with van der Waals surface area (Å²) in [7, 11) is -4.29. The van der Waals surface area contributed by atoms with Gasteiger partial charge in [0.2, 0.25) is 0 Å². The van der Waals surface area contributed by atoms with Gasteiger partial charge >= 0.3 is 11.0 Å². The highest BCUT2D eigenvalue weighted by Gasteiger charge is 2.23. The Kier molecular flexibility index (Phi) is 7.94. The third-order valence-corrected chi connectivity index (χ3v) is 7.16. The number of nitro groups is 1. The van der Waals surface area contributed by atoms with Crippen molar-refractivity contribution in [1.82, 2.24) is 4.98 Å². The monoisotopic (exact) mass is 564 g/mol. The maximum absolute atomic E-state index is 12.8. The van der Waals surface area contributed by atoms with Gasteiger partial charge in [0.25, 0.3) is 15.9 Å². The molecule has 0 aliphatic carbocycles. The molecule has 11 nitrogen and oxygen atoms in total. The molecule has 0 saturated carbocycles. The quantitative estimate of drug-likeness (QED) is 0.228. The zero-order valence-electron chi connectivity index (χ0n) is 16.5. The molecular weight excluding hydrogens is 555 g/mol. The zero-order chi connectivity index (χ0) is 25.0. The number of sulfonamides is 1. The number of benzene rings is 2. The molecule has 2 N–H and O–H groups in total. The van der Waals surface area contributed by atoms with Crippen LogP contribution in [0.15, 0.2) is 47.5 Å². The van der Waals surface area contributed by atoms with Gasteiger partial charge in [0, 0.05) is 5.02 Å². The van der Waals surface area contributed by atoms with Crippen molar-refractivity contribution in [3.05, 3.63) is 73.3 Å². The molecule has 0 fully saturated rings. The summed E-state index contributed by atoms with van der Waals surface area (Å²) in [6.07, 6.45) is 0.965. The van der Waals surface area contributed by atoms with Crippen molar-refractivity contribution >= 4 is 83.9 Å². The van der Waals surface area contributed by atoms with Crippen LogP contribution in [0.5, 0.6) is 0 Å². The van der Waals surface area contributed by atoms with Crippen LogP contribution in [0.2, 0.25) is 15.1 Å². The largest absolute Gasteiger partial charge is 0.452 e. The first kappa shape index (κ1) is 25.6. The molecule has 1 aromatic heterocycles. The summed E-state index contributed by atoms with van der Waals surface area (Å²) in [5.41, 5.74) is -0.211. The van der Waals surface area contributed by atoms with E-state index in [2.05, 4.69) is 15.0 Å². The zero-order valence-corrected chi connectivity index (χ0v) is 20.4. The number of rotatable bonds is 8. The number of nitrogens with zero attached hydrogens (tertiary/aromatic N) is 2. The van der Waals surface area contributed by atoms with Crippen molar-refractivity contribution in [3.8, 4) is 0 Å². The molecule has 0 aliphatic rings. The number of hydrogen-bond acceptors (Lipinski definition) is 9. The number of anilines is 2. The van der Waals surface area contributed by atoms with Crippen LogP contribution in [0.3, 0.4) is 0 Å². The molecule has 0 unspecified atom stereocenters. The van der Waals surface area contributed by atoms with Gasteiger partial charge in [-0.15, -0.1) is 0 Å². The molecule has 2 aromatic carbocycles. The highest BCUT2D eigenvalue weighted by Crippen LogP contribution is 2.30. The third kappa shape index (κ3) is 6.33. The number of nitrogens with one attached hydrogen (secondary N) is 2. The van der Waals surface area contributed by atoms with Gasteiger partial charge in [-0.05, 0) is 47.7 Å². The number of halogens is 3. The lowest BCUT2D eigenvalue weighted by molar-refractivity contribution is -0.380. The third-order valence-electron chi connectivity index (χ3n) is 3.88. The molecule has 3 aromatic rings. The van der Waals surface area contributed by atoms with Crippen molar-refractivity contribution in [2.75, 3.05) is 16.6 Å². The van der Waals surface area contributed by atoms with Crippen molar-refractivity contribution in [2.45, 2.75) is 4.90 Å². The first-order valence-corrected chi connectivity index (χ1v) is 12.2. The molecule has 0 spiro atoms. The average Bonchev–Trinajstić information content (AvgIpc) is 3.23. The van der Waals surface area contributed by atoms with Crippen LogP contribution < -0.4 is 10.0 Å². The minimum atomic E-state index is -4.29. The number of aromatic nitrogens is 1. The Labute approximate surface area is 210 Å². The fourth-order valence-electron chi connectivity index (χ4n) is 2.39. The second kappa shape index (κ2) is 10.5. The van der Waals surface area contributed by atoms with Crippen LogP contribution in [0, 0.1) is 10.1 Å². The molecule has 0 atom stereocenters.